The Kier molecular flexibility index (Phi) is 2.56. The van der Waals surface area contributed by atoms with E-state index in [-0.39, 0.29) is 11.7 Å². The van der Waals surface area contributed by atoms with E-state index in [4.69, 9.17) is 4.42 Å². The van der Waals surface area contributed by atoms with Crippen molar-refractivity contribution < 1.29 is 9.34 Å². The van der Waals surface area contributed by atoms with Crippen molar-refractivity contribution >= 4 is 22.8 Å². The average Bonchev–Trinajstić information content (AvgIpc) is 3.04. The molecule has 0 unspecified atom stereocenters. The minimum Gasteiger partial charge on any atom is -0.423 e. The number of oxazole rings is 1. The van der Waals surface area contributed by atoms with E-state index in [9.17, 15) is 10.1 Å². The Morgan fingerprint density at radius 2 is 2.37 bits per heavy atom. The molecule has 0 aliphatic heterocycles. The number of aromatic nitrogens is 4. The zero-order chi connectivity index (χ0) is 13.2. The molecule has 96 valence electrons. The summed E-state index contributed by atoms with van der Waals surface area (Å²) in [6.45, 7) is 0.370. The number of nitrogens with one attached hydrogen (secondary N) is 2. The number of aromatic amines is 1. The summed E-state index contributed by atoms with van der Waals surface area (Å²) in [6, 6.07) is 4.52. The summed E-state index contributed by atoms with van der Waals surface area (Å²) in [6.07, 6.45) is 1.40. The van der Waals surface area contributed by atoms with Gasteiger partial charge in [-0.2, -0.15) is 10.1 Å². The van der Waals surface area contributed by atoms with Crippen molar-refractivity contribution in [3.05, 3.63) is 40.5 Å². The molecule has 0 bridgehead atoms. The van der Waals surface area contributed by atoms with E-state index in [1.165, 1.54) is 24.5 Å². The van der Waals surface area contributed by atoms with Crippen LogP contribution in [0.25, 0.3) is 11.1 Å². The number of anilines is 1. The van der Waals surface area contributed by atoms with Crippen molar-refractivity contribution in [2.75, 3.05) is 5.32 Å². The number of rotatable bonds is 4. The summed E-state index contributed by atoms with van der Waals surface area (Å²) >= 11 is 0. The third-order valence-corrected chi connectivity index (χ3v) is 2.45. The Morgan fingerprint density at radius 1 is 1.47 bits per heavy atom. The average molecular weight is 260 g/mol. The second-order valence-corrected chi connectivity index (χ2v) is 3.71. The Morgan fingerprint density at radius 3 is 3.11 bits per heavy atom. The molecule has 0 radical (unpaired) electrons. The van der Waals surface area contributed by atoms with Gasteiger partial charge < -0.3 is 9.73 Å². The van der Waals surface area contributed by atoms with Crippen LogP contribution in [0.5, 0.6) is 0 Å². The van der Waals surface area contributed by atoms with Gasteiger partial charge in [-0.25, -0.2) is 4.98 Å². The second kappa shape index (κ2) is 4.37. The van der Waals surface area contributed by atoms with Crippen LogP contribution in [-0.4, -0.2) is 25.1 Å². The van der Waals surface area contributed by atoms with Gasteiger partial charge in [-0.15, -0.1) is 0 Å². The summed E-state index contributed by atoms with van der Waals surface area (Å²) < 4.78 is 5.37. The molecule has 1 aromatic carbocycles. The zero-order valence-corrected chi connectivity index (χ0v) is 9.53. The molecule has 0 saturated heterocycles. The lowest BCUT2D eigenvalue weighted by atomic mass is 10.3. The minimum absolute atomic E-state index is 0.0366. The number of fused-ring (bicyclic) bond motifs is 1. The molecule has 2 N–H and O–H groups in total. The first-order valence-electron chi connectivity index (χ1n) is 5.35. The number of hydrogen-bond donors (Lipinski definition) is 2. The summed E-state index contributed by atoms with van der Waals surface area (Å²) in [5.41, 5.74) is 0.866. The van der Waals surface area contributed by atoms with Crippen LogP contribution in [0, 0.1) is 10.1 Å². The molecule has 2 heterocycles. The fraction of sp³-hybridized carbons (Fsp3) is 0.100. The summed E-state index contributed by atoms with van der Waals surface area (Å²) in [5, 5.41) is 19.9. The minimum atomic E-state index is -0.483. The maximum absolute atomic E-state index is 10.6. The first-order chi connectivity index (χ1) is 9.22. The van der Waals surface area contributed by atoms with Crippen LogP contribution in [0.4, 0.5) is 11.7 Å². The van der Waals surface area contributed by atoms with E-state index in [0.29, 0.717) is 23.5 Å². The second-order valence-electron chi connectivity index (χ2n) is 3.71. The summed E-state index contributed by atoms with van der Waals surface area (Å²) in [4.78, 5) is 18.2. The number of nitrogens with zero attached hydrogens (tertiary/aromatic N) is 4. The maximum atomic E-state index is 10.6. The predicted octanol–water partition coefficient (Wildman–Crippen LogP) is 1.47. The molecular formula is C10H8N6O3. The number of H-pyrrole nitrogens is 1. The third-order valence-electron chi connectivity index (χ3n) is 2.45. The van der Waals surface area contributed by atoms with Gasteiger partial charge in [0.15, 0.2) is 5.58 Å². The van der Waals surface area contributed by atoms with Gasteiger partial charge in [0.05, 0.1) is 17.5 Å². The van der Waals surface area contributed by atoms with Gasteiger partial charge in [0.2, 0.25) is 0 Å². The highest BCUT2D eigenvalue weighted by molar-refractivity contribution is 5.77. The van der Waals surface area contributed by atoms with Gasteiger partial charge >= 0.3 is 0 Å². The summed E-state index contributed by atoms with van der Waals surface area (Å²) in [7, 11) is 0. The number of non-ortho nitro benzene ring substituents is 1. The van der Waals surface area contributed by atoms with E-state index >= 15 is 0 Å². The quantitative estimate of drug-likeness (QED) is 0.537. The lowest BCUT2D eigenvalue weighted by Crippen LogP contribution is -2.01. The smallest absolute Gasteiger partial charge is 0.296 e. The normalized spacial score (nSPS) is 10.7. The molecule has 9 heteroatoms. The largest absolute Gasteiger partial charge is 0.423 e. The molecule has 3 rings (SSSR count). The third kappa shape index (κ3) is 2.20. The molecule has 0 saturated carbocycles. The fourth-order valence-electron chi connectivity index (χ4n) is 1.58. The molecule has 0 aliphatic carbocycles. The van der Waals surface area contributed by atoms with Crippen molar-refractivity contribution in [3.63, 3.8) is 0 Å². The molecule has 0 atom stereocenters. The monoisotopic (exact) mass is 260 g/mol. The highest BCUT2D eigenvalue weighted by Crippen LogP contribution is 2.23. The summed E-state index contributed by atoms with van der Waals surface area (Å²) in [5.74, 6) is 0.633. The lowest BCUT2D eigenvalue weighted by molar-refractivity contribution is -0.384. The van der Waals surface area contributed by atoms with Crippen LogP contribution < -0.4 is 5.32 Å². The lowest BCUT2D eigenvalue weighted by Gasteiger charge is -1.95. The first-order valence-corrected chi connectivity index (χ1v) is 5.35. The van der Waals surface area contributed by atoms with Crippen molar-refractivity contribution in [2.24, 2.45) is 0 Å². The van der Waals surface area contributed by atoms with Gasteiger partial charge in [-0.1, -0.05) is 0 Å². The van der Waals surface area contributed by atoms with E-state index in [1.54, 1.807) is 0 Å². The molecule has 0 spiro atoms. The van der Waals surface area contributed by atoms with E-state index in [0.717, 1.165) is 0 Å². The van der Waals surface area contributed by atoms with Crippen LogP contribution in [0.15, 0.2) is 28.9 Å². The van der Waals surface area contributed by atoms with E-state index in [2.05, 4.69) is 25.5 Å². The highest BCUT2D eigenvalue weighted by atomic mass is 16.6. The fourth-order valence-corrected chi connectivity index (χ4v) is 1.58. The van der Waals surface area contributed by atoms with Crippen LogP contribution >= 0.6 is 0 Å². The van der Waals surface area contributed by atoms with Crippen molar-refractivity contribution in [1.82, 2.24) is 20.2 Å². The van der Waals surface area contributed by atoms with E-state index in [1.807, 2.05) is 0 Å². The molecule has 2 aromatic heterocycles. The molecule has 0 aliphatic rings. The van der Waals surface area contributed by atoms with Crippen LogP contribution in [-0.2, 0) is 6.54 Å². The number of nitro groups is 1. The van der Waals surface area contributed by atoms with Gasteiger partial charge in [0.1, 0.15) is 17.7 Å². The van der Waals surface area contributed by atoms with E-state index < -0.39 is 4.92 Å². The highest BCUT2D eigenvalue weighted by Gasteiger charge is 2.11. The Labute approximate surface area is 105 Å². The van der Waals surface area contributed by atoms with Gasteiger partial charge in [0, 0.05) is 6.07 Å². The van der Waals surface area contributed by atoms with Crippen LogP contribution in [0.1, 0.15) is 5.82 Å². The molecular weight excluding hydrogens is 252 g/mol. The molecule has 9 nitrogen and oxygen atoms in total. The van der Waals surface area contributed by atoms with Gasteiger partial charge in [-0.3, -0.25) is 15.2 Å². The van der Waals surface area contributed by atoms with Crippen molar-refractivity contribution in [1.29, 1.82) is 0 Å². The SMILES string of the molecule is O=[N+]([O-])c1ccc2nc(NCc3ncn[nH]3)oc2c1. The molecule has 19 heavy (non-hydrogen) atoms. The molecule has 3 aromatic rings. The van der Waals surface area contributed by atoms with Gasteiger partial charge in [0.25, 0.3) is 11.7 Å². The Balaban J connectivity index is 1.83. The van der Waals surface area contributed by atoms with Crippen LogP contribution in [0.3, 0.4) is 0 Å². The standard InChI is InChI=1S/C10H8N6O3/c17-16(18)6-1-2-7-8(3-6)19-10(14-7)11-4-9-12-5-13-15-9/h1-3,5H,4H2,(H,11,14)(H,12,13,15). The number of benzene rings is 1. The molecule has 0 amide bonds. The first kappa shape index (κ1) is 11.1. The Hall–Kier alpha value is -2.97. The number of hydrogen-bond acceptors (Lipinski definition) is 7. The molecule has 0 fully saturated rings. The number of nitro benzene ring substituents is 1. The van der Waals surface area contributed by atoms with Crippen LogP contribution in [0.2, 0.25) is 0 Å². The van der Waals surface area contributed by atoms with Crippen molar-refractivity contribution in [3.8, 4) is 0 Å². The Bertz CT molecular complexity index is 720. The predicted molar refractivity (Wildman–Crippen MR) is 64.4 cm³/mol. The van der Waals surface area contributed by atoms with Crippen molar-refractivity contribution in [2.45, 2.75) is 6.54 Å². The van der Waals surface area contributed by atoms with Gasteiger partial charge in [-0.05, 0) is 6.07 Å². The topological polar surface area (TPSA) is 123 Å². The maximum Gasteiger partial charge on any atom is 0.296 e. The zero-order valence-electron chi connectivity index (χ0n) is 9.53.